The molecule has 0 amide bonds. The van der Waals surface area contributed by atoms with Crippen molar-refractivity contribution >= 4 is 23.1 Å². The standard InChI is InChI=1S/C17H15F2N3O2S/c1-3-24-17(23)12-9(2)21-15(16-20-7-8-25-16)22-14(12)10-5-4-6-11(18)13(10)19/h4-8,14H,3H2,1-2H3,(H,21,22). The first-order valence-corrected chi connectivity index (χ1v) is 8.47. The third-order valence-electron chi connectivity index (χ3n) is 3.65. The van der Waals surface area contributed by atoms with Gasteiger partial charge in [0, 0.05) is 22.8 Å². The van der Waals surface area contributed by atoms with Crippen molar-refractivity contribution in [2.24, 2.45) is 4.99 Å². The number of allylic oxidation sites excluding steroid dienone is 1. The lowest BCUT2D eigenvalue weighted by molar-refractivity contribution is -0.138. The van der Waals surface area contributed by atoms with E-state index in [1.54, 1.807) is 25.4 Å². The lowest BCUT2D eigenvalue weighted by Gasteiger charge is -2.25. The van der Waals surface area contributed by atoms with Crippen molar-refractivity contribution in [3.8, 4) is 0 Å². The van der Waals surface area contributed by atoms with Crippen molar-refractivity contribution in [2.45, 2.75) is 19.9 Å². The highest BCUT2D eigenvalue weighted by Crippen LogP contribution is 2.34. The fourth-order valence-electron chi connectivity index (χ4n) is 2.56. The second-order valence-corrected chi connectivity index (χ2v) is 6.14. The summed E-state index contributed by atoms with van der Waals surface area (Å²) in [5, 5.41) is 5.36. The maximum Gasteiger partial charge on any atom is 0.338 e. The molecule has 5 nitrogen and oxygen atoms in total. The highest BCUT2D eigenvalue weighted by atomic mass is 32.1. The summed E-state index contributed by atoms with van der Waals surface area (Å²) in [7, 11) is 0. The second-order valence-electron chi connectivity index (χ2n) is 5.24. The summed E-state index contributed by atoms with van der Waals surface area (Å²) in [5.74, 6) is -2.26. The van der Waals surface area contributed by atoms with Crippen LogP contribution in [0.4, 0.5) is 8.78 Å². The molecule has 3 rings (SSSR count). The van der Waals surface area contributed by atoms with Gasteiger partial charge in [0.2, 0.25) is 0 Å². The van der Waals surface area contributed by atoms with Gasteiger partial charge in [0.25, 0.3) is 0 Å². The van der Waals surface area contributed by atoms with Gasteiger partial charge in [0.05, 0.1) is 12.2 Å². The number of hydrogen-bond donors (Lipinski definition) is 1. The Labute approximate surface area is 147 Å². The number of carbonyl (C=O) groups excluding carboxylic acids is 1. The molecule has 1 atom stereocenters. The molecule has 0 bridgehead atoms. The Morgan fingerprint density at radius 2 is 2.20 bits per heavy atom. The molecule has 1 aliphatic heterocycles. The molecular weight excluding hydrogens is 348 g/mol. The Hall–Kier alpha value is -2.61. The fourth-order valence-corrected chi connectivity index (χ4v) is 3.14. The molecule has 8 heteroatoms. The van der Waals surface area contributed by atoms with E-state index in [0.717, 1.165) is 6.07 Å². The number of hydrogen-bond acceptors (Lipinski definition) is 6. The van der Waals surface area contributed by atoms with E-state index >= 15 is 0 Å². The minimum absolute atomic E-state index is 0.0297. The van der Waals surface area contributed by atoms with Gasteiger partial charge >= 0.3 is 5.97 Å². The number of aliphatic imine (C=N–C) groups is 1. The van der Waals surface area contributed by atoms with Crippen LogP contribution in [-0.4, -0.2) is 23.4 Å². The molecule has 0 fully saturated rings. The molecule has 0 spiro atoms. The monoisotopic (exact) mass is 363 g/mol. The first-order valence-electron chi connectivity index (χ1n) is 7.59. The van der Waals surface area contributed by atoms with Crippen molar-refractivity contribution in [3.63, 3.8) is 0 Å². The summed E-state index contributed by atoms with van der Waals surface area (Å²) >= 11 is 1.34. The molecule has 130 valence electrons. The van der Waals surface area contributed by atoms with E-state index in [1.165, 1.54) is 23.5 Å². The van der Waals surface area contributed by atoms with Crippen LogP contribution in [0, 0.1) is 11.6 Å². The quantitative estimate of drug-likeness (QED) is 0.846. The zero-order valence-electron chi connectivity index (χ0n) is 13.5. The summed E-state index contributed by atoms with van der Waals surface area (Å²) in [6.07, 6.45) is 1.61. The Morgan fingerprint density at radius 3 is 2.88 bits per heavy atom. The molecule has 0 saturated carbocycles. The van der Waals surface area contributed by atoms with Gasteiger partial charge in [0.1, 0.15) is 6.04 Å². The molecule has 0 saturated heterocycles. The van der Waals surface area contributed by atoms with Gasteiger partial charge in [0.15, 0.2) is 22.5 Å². The summed E-state index contributed by atoms with van der Waals surface area (Å²) in [6, 6.07) is 2.79. The van der Waals surface area contributed by atoms with Gasteiger partial charge in [-0.15, -0.1) is 11.3 Å². The minimum atomic E-state index is -1.04. The number of benzene rings is 1. The molecule has 0 radical (unpaired) electrons. The predicted molar refractivity (Wildman–Crippen MR) is 90.2 cm³/mol. The molecule has 1 N–H and O–H groups in total. The van der Waals surface area contributed by atoms with E-state index in [9.17, 15) is 13.6 Å². The third kappa shape index (κ3) is 3.30. The fraction of sp³-hybridized carbons (Fsp3) is 0.235. The Balaban J connectivity index is 2.13. The number of amidine groups is 1. The summed E-state index contributed by atoms with van der Waals surface area (Å²) in [4.78, 5) is 21.0. The first-order chi connectivity index (χ1) is 12.0. The molecule has 1 aromatic heterocycles. The molecule has 25 heavy (non-hydrogen) atoms. The minimum Gasteiger partial charge on any atom is -0.463 e. The van der Waals surface area contributed by atoms with E-state index in [0.29, 0.717) is 16.5 Å². The number of thiazole rings is 1. The van der Waals surface area contributed by atoms with Crippen LogP contribution in [0.1, 0.15) is 30.5 Å². The van der Waals surface area contributed by atoms with Crippen molar-refractivity contribution in [3.05, 3.63) is 63.3 Å². The third-order valence-corrected chi connectivity index (χ3v) is 4.43. The van der Waals surface area contributed by atoms with E-state index in [-0.39, 0.29) is 17.7 Å². The van der Waals surface area contributed by atoms with Crippen molar-refractivity contribution in [1.82, 2.24) is 10.3 Å². The number of ether oxygens (including phenoxy) is 1. The zero-order valence-corrected chi connectivity index (χ0v) is 14.4. The largest absolute Gasteiger partial charge is 0.463 e. The van der Waals surface area contributed by atoms with Gasteiger partial charge in [-0.05, 0) is 19.9 Å². The molecule has 2 aromatic rings. The van der Waals surface area contributed by atoms with Gasteiger partial charge < -0.3 is 10.1 Å². The zero-order chi connectivity index (χ0) is 18.0. The number of nitrogens with one attached hydrogen (secondary N) is 1. The van der Waals surface area contributed by atoms with Crippen molar-refractivity contribution in [1.29, 1.82) is 0 Å². The smallest absolute Gasteiger partial charge is 0.338 e. The van der Waals surface area contributed by atoms with Crippen LogP contribution in [0.15, 0.2) is 46.0 Å². The first kappa shape index (κ1) is 17.2. The van der Waals surface area contributed by atoms with Crippen LogP contribution < -0.4 is 5.32 Å². The average molecular weight is 363 g/mol. The number of rotatable bonds is 4. The highest BCUT2D eigenvalue weighted by Gasteiger charge is 2.33. The van der Waals surface area contributed by atoms with E-state index < -0.39 is 23.6 Å². The van der Waals surface area contributed by atoms with Gasteiger partial charge in [-0.2, -0.15) is 0 Å². The summed E-state index contributed by atoms with van der Waals surface area (Å²) < 4.78 is 33.1. The van der Waals surface area contributed by atoms with Crippen LogP contribution in [-0.2, 0) is 9.53 Å². The second kappa shape index (κ2) is 7.10. The normalized spacial score (nSPS) is 17.1. The van der Waals surface area contributed by atoms with Crippen molar-refractivity contribution < 1.29 is 18.3 Å². The van der Waals surface area contributed by atoms with E-state index in [4.69, 9.17) is 4.74 Å². The number of halogens is 2. The SMILES string of the molecule is CCOC(=O)C1=C(C)NC(c2nccs2)=NC1c1cccc(F)c1F. The van der Waals surface area contributed by atoms with Crippen LogP contribution in [0.3, 0.4) is 0 Å². The summed E-state index contributed by atoms with van der Waals surface area (Å²) in [5.41, 5.74) is 0.580. The Morgan fingerprint density at radius 1 is 1.40 bits per heavy atom. The Kier molecular flexibility index (Phi) is 4.89. The van der Waals surface area contributed by atoms with Gasteiger partial charge in [-0.1, -0.05) is 12.1 Å². The highest BCUT2D eigenvalue weighted by molar-refractivity contribution is 7.11. The van der Waals surface area contributed by atoms with Crippen LogP contribution in [0.2, 0.25) is 0 Å². The lowest BCUT2D eigenvalue weighted by Crippen LogP contribution is -2.33. The van der Waals surface area contributed by atoms with Crippen molar-refractivity contribution in [2.75, 3.05) is 6.61 Å². The van der Waals surface area contributed by atoms with E-state index in [2.05, 4.69) is 15.3 Å². The van der Waals surface area contributed by atoms with E-state index in [1.807, 2.05) is 0 Å². The molecule has 2 heterocycles. The average Bonchev–Trinajstić information content (AvgIpc) is 3.11. The van der Waals surface area contributed by atoms with Crippen LogP contribution in [0.5, 0.6) is 0 Å². The molecular formula is C17H15F2N3O2S. The number of nitrogens with zero attached hydrogens (tertiary/aromatic N) is 2. The maximum atomic E-state index is 14.4. The number of esters is 1. The van der Waals surface area contributed by atoms with Gasteiger partial charge in [-0.3, -0.25) is 4.99 Å². The number of aromatic nitrogens is 1. The molecule has 1 unspecified atom stereocenters. The summed E-state index contributed by atoms with van der Waals surface area (Å²) in [6.45, 7) is 3.50. The maximum absolute atomic E-state index is 14.4. The molecule has 0 aliphatic carbocycles. The van der Waals surface area contributed by atoms with Crippen LogP contribution >= 0.6 is 11.3 Å². The molecule has 1 aromatic carbocycles. The van der Waals surface area contributed by atoms with Gasteiger partial charge in [-0.25, -0.2) is 18.6 Å². The predicted octanol–water partition coefficient (Wildman–Crippen LogP) is 3.35. The van der Waals surface area contributed by atoms with Crippen LogP contribution in [0.25, 0.3) is 0 Å². The molecule has 1 aliphatic rings. The number of carbonyl (C=O) groups is 1. The topological polar surface area (TPSA) is 63.6 Å². The Bertz CT molecular complexity index is 863. The lowest BCUT2D eigenvalue weighted by atomic mass is 9.95.